The molecule has 1 aliphatic rings. The van der Waals surface area contributed by atoms with Crippen LogP contribution in [-0.2, 0) is 11.3 Å². The van der Waals surface area contributed by atoms with Crippen LogP contribution in [0.2, 0.25) is 0 Å². The lowest BCUT2D eigenvalue weighted by atomic mass is 10.1. The van der Waals surface area contributed by atoms with Gasteiger partial charge in [-0.2, -0.15) is 0 Å². The monoisotopic (exact) mass is 346 g/mol. The van der Waals surface area contributed by atoms with Gasteiger partial charge in [-0.15, -0.1) is 11.3 Å². The van der Waals surface area contributed by atoms with Crippen LogP contribution in [-0.4, -0.2) is 52.6 Å². The van der Waals surface area contributed by atoms with Crippen molar-refractivity contribution < 1.29 is 9.90 Å². The zero-order chi connectivity index (χ0) is 14.0. The van der Waals surface area contributed by atoms with Crippen molar-refractivity contribution >= 4 is 33.2 Å². The Hall–Kier alpha value is -0.430. The van der Waals surface area contributed by atoms with Crippen molar-refractivity contribution in [2.75, 3.05) is 26.2 Å². The molecule has 4 nitrogen and oxygen atoms in total. The van der Waals surface area contributed by atoms with Gasteiger partial charge >= 0.3 is 0 Å². The molecule has 0 spiro atoms. The largest absolute Gasteiger partial charge is 0.381 e. The van der Waals surface area contributed by atoms with Gasteiger partial charge in [-0.3, -0.25) is 9.69 Å². The summed E-state index contributed by atoms with van der Waals surface area (Å²) in [6.45, 7) is 7.09. The highest BCUT2D eigenvalue weighted by Gasteiger charge is 2.31. The molecule has 19 heavy (non-hydrogen) atoms. The van der Waals surface area contributed by atoms with E-state index in [1.54, 1.807) is 30.1 Å². The molecular formula is C13H19BrN2O2S. The number of carbonyl (C=O) groups excluding carboxylic acids is 1. The lowest BCUT2D eigenvalue weighted by molar-refractivity contribution is -0.149. The van der Waals surface area contributed by atoms with Crippen LogP contribution in [0.5, 0.6) is 0 Å². The highest BCUT2D eigenvalue weighted by molar-refractivity contribution is 9.10. The topological polar surface area (TPSA) is 43.8 Å². The van der Waals surface area contributed by atoms with E-state index in [0.717, 1.165) is 24.1 Å². The number of thiophene rings is 1. The Morgan fingerprint density at radius 2 is 2.05 bits per heavy atom. The molecule has 2 heterocycles. The molecule has 0 radical (unpaired) electrons. The van der Waals surface area contributed by atoms with E-state index in [1.165, 1.54) is 4.88 Å². The molecule has 1 fully saturated rings. The molecule has 0 saturated carbocycles. The van der Waals surface area contributed by atoms with Gasteiger partial charge in [0.1, 0.15) is 5.60 Å². The van der Waals surface area contributed by atoms with Crippen molar-refractivity contribution in [3.8, 4) is 0 Å². The zero-order valence-corrected chi connectivity index (χ0v) is 13.6. The van der Waals surface area contributed by atoms with Crippen molar-refractivity contribution in [2.45, 2.75) is 26.0 Å². The summed E-state index contributed by atoms with van der Waals surface area (Å²) in [5, 5.41) is 11.8. The summed E-state index contributed by atoms with van der Waals surface area (Å²) in [6, 6.07) is 2.06. The summed E-state index contributed by atoms with van der Waals surface area (Å²) >= 11 is 5.29. The molecule has 2 rings (SSSR count). The zero-order valence-electron chi connectivity index (χ0n) is 11.2. The number of nitrogens with zero attached hydrogens (tertiary/aromatic N) is 2. The third kappa shape index (κ3) is 3.78. The SMILES string of the molecule is CC(C)(O)C(=O)N1CCN(Cc2sccc2Br)CC1. The Kier molecular flexibility index (Phi) is 4.66. The minimum absolute atomic E-state index is 0.176. The lowest BCUT2D eigenvalue weighted by Gasteiger charge is -2.37. The van der Waals surface area contributed by atoms with Gasteiger partial charge in [0, 0.05) is 42.1 Å². The number of piperazine rings is 1. The van der Waals surface area contributed by atoms with Crippen molar-refractivity contribution in [3.63, 3.8) is 0 Å². The summed E-state index contributed by atoms with van der Waals surface area (Å²) in [5.41, 5.74) is -1.26. The van der Waals surface area contributed by atoms with Crippen molar-refractivity contribution in [3.05, 3.63) is 20.8 Å². The van der Waals surface area contributed by atoms with Gasteiger partial charge in [-0.25, -0.2) is 0 Å². The standard InChI is InChI=1S/C13H19BrN2O2S/c1-13(2,18)12(17)16-6-4-15(5-7-16)9-11-10(14)3-8-19-11/h3,8,18H,4-7,9H2,1-2H3. The number of hydrogen-bond donors (Lipinski definition) is 1. The normalized spacial score (nSPS) is 17.8. The van der Waals surface area contributed by atoms with Crippen LogP contribution in [0.1, 0.15) is 18.7 Å². The summed E-state index contributed by atoms with van der Waals surface area (Å²) in [4.78, 5) is 17.4. The number of carbonyl (C=O) groups is 1. The number of amides is 1. The first-order chi connectivity index (χ1) is 8.88. The van der Waals surface area contributed by atoms with E-state index in [1.807, 2.05) is 0 Å². The third-order valence-corrected chi connectivity index (χ3v) is 5.15. The molecule has 0 bridgehead atoms. The van der Waals surface area contributed by atoms with E-state index in [-0.39, 0.29) is 5.91 Å². The summed E-state index contributed by atoms with van der Waals surface area (Å²) in [7, 11) is 0. The number of aliphatic hydroxyl groups is 1. The molecular weight excluding hydrogens is 328 g/mol. The van der Waals surface area contributed by atoms with Crippen LogP contribution >= 0.6 is 27.3 Å². The summed E-state index contributed by atoms with van der Waals surface area (Å²) < 4.78 is 1.16. The average molecular weight is 347 g/mol. The fourth-order valence-electron chi connectivity index (χ4n) is 2.14. The highest BCUT2D eigenvalue weighted by atomic mass is 79.9. The molecule has 6 heteroatoms. The molecule has 1 aliphatic heterocycles. The summed E-state index contributed by atoms with van der Waals surface area (Å²) in [5.74, 6) is -0.176. The van der Waals surface area contributed by atoms with Crippen molar-refractivity contribution in [2.24, 2.45) is 0 Å². The third-order valence-electron chi connectivity index (χ3n) is 3.24. The minimum atomic E-state index is -1.26. The first kappa shape index (κ1) is 15.0. The Balaban J connectivity index is 1.86. The second kappa shape index (κ2) is 5.91. The Bertz CT molecular complexity index is 448. The second-order valence-corrected chi connectivity index (χ2v) is 7.17. The molecule has 0 atom stereocenters. The van der Waals surface area contributed by atoms with Gasteiger partial charge in [0.2, 0.25) is 0 Å². The van der Waals surface area contributed by atoms with Crippen LogP contribution < -0.4 is 0 Å². The Morgan fingerprint density at radius 3 is 2.53 bits per heavy atom. The molecule has 0 aliphatic carbocycles. The molecule has 0 unspecified atom stereocenters. The van der Waals surface area contributed by atoms with Crippen LogP contribution in [0.15, 0.2) is 15.9 Å². The molecule has 1 amide bonds. The fourth-order valence-corrected chi connectivity index (χ4v) is 3.66. The van der Waals surface area contributed by atoms with Gasteiger partial charge < -0.3 is 10.0 Å². The van der Waals surface area contributed by atoms with Crippen LogP contribution in [0, 0.1) is 0 Å². The fraction of sp³-hybridized carbons (Fsp3) is 0.615. The summed E-state index contributed by atoms with van der Waals surface area (Å²) in [6.07, 6.45) is 0. The molecule has 1 aromatic rings. The van der Waals surface area contributed by atoms with Crippen LogP contribution in [0.3, 0.4) is 0 Å². The van der Waals surface area contributed by atoms with Crippen LogP contribution in [0.4, 0.5) is 0 Å². The Morgan fingerprint density at radius 1 is 1.42 bits per heavy atom. The predicted molar refractivity (Wildman–Crippen MR) is 80.2 cm³/mol. The minimum Gasteiger partial charge on any atom is -0.381 e. The lowest BCUT2D eigenvalue weighted by Crippen LogP contribution is -2.53. The van der Waals surface area contributed by atoms with E-state index < -0.39 is 5.60 Å². The average Bonchev–Trinajstić information content (AvgIpc) is 2.74. The van der Waals surface area contributed by atoms with Gasteiger partial charge in [0.05, 0.1) is 0 Å². The molecule has 1 aromatic heterocycles. The second-order valence-electron chi connectivity index (χ2n) is 5.32. The smallest absolute Gasteiger partial charge is 0.254 e. The van der Waals surface area contributed by atoms with Gasteiger partial charge in [-0.1, -0.05) is 0 Å². The number of rotatable bonds is 3. The Labute approximate surface area is 126 Å². The van der Waals surface area contributed by atoms with Crippen LogP contribution in [0.25, 0.3) is 0 Å². The van der Waals surface area contributed by atoms with E-state index in [4.69, 9.17) is 0 Å². The molecule has 0 aromatic carbocycles. The van der Waals surface area contributed by atoms with E-state index in [2.05, 4.69) is 32.3 Å². The maximum absolute atomic E-state index is 11.9. The predicted octanol–water partition coefficient (Wildman–Crippen LogP) is 1.93. The first-order valence-electron chi connectivity index (χ1n) is 6.34. The van der Waals surface area contributed by atoms with Gasteiger partial charge in [-0.05, 0) is 41.2 Å². The molecule has 106 valence electrons. The van der Waals surface area contributed by atoms with E-state index >= 15 is 0 Å². The molecule has 1 saturated heterocycles. The maximum Gasteiger partial charge on any atom is 0.254 e. The van der Waals surface area contributed by atoms with Crippen molar-refractivity contribution in [1.82, 2.24) is 9.80 Å². The maximum atomic E-state index is 11.9. The number of hydrogen-bond acceptors (Lipinski definition) is 4. The van der Waals surface area contributed by atoms with Gasteiger partial charge in [0.15, 0.2) is 0 Å². The quantitative estimate of drug-likeness (QED) is 0.909. The number of halogens is 1. The van der Waals surface area contributed by atoms with Gasteiger partial charge in [0.25, 0.3) is 5.91 Å². The molecule has 1 N–H and O–H groups in total. The first-order valence-corrected chi connectivity index (χ1v) is 8.01. The van der Waals surface area contributed by atoms with E-state index in [9.17, 15) is 9.90 Å². The highest BCUT2D eigenvalue weighted by Crippen LogP contribution is 2.24. The van der Waals surface area contributed by atoms with E-state index in [0.29, 0.717) is 13.1 Å². The van der Waals surface area contributed by atoms with Crippen molar-refractivity contribution in [1.29, 1.82) is 0 Å².